The zero-order valence-corrected chi connectivity index (χ0v) is 15.5. The number of fused-ring (bicyclic) bond motifs is 1. The molecule has 3 N–H and O–H groups in total. The van der Waals surface area contributed by atoms with E-state index in [9.17, 15) is 8.42 Å². The molecule has 0 saturated carbocycles. The Morgan fingerprint density at radius 2 is 2.04 bits per heavy atom. The lowest BCUT2D eigenvalue weighted by Crippen LogP contribution is -2.14. The first kappa shape index (κ1) is 19.2. The van der Waals surface area contributed by atoms with E-state index in [1.807, 2.05) is 0 Å². The van der Waals surface area contributed by atoms with Crippen LogP contribution in [0.25, 0.3) is 10.8 Å². The first-order valence-corrected chi connectivity index (χ1v) is 9.60. The predicted molar refractivity (Wildman–Crippen MR) is 106 cm³/mol. The Labute approximate surface area is 161 Å². The molecule has 2 heterocycles. The Bertz CT molecular complexity index is 1100. The fourth-order valence-electron chi connectivity index (χ4n) is 2.31. The van der Waals surface area contributed by atoms with Gasteiger partial charge in [0.2, 0.25) is 5.88 Å². The highest BCUT2D eigenvalue weighted by molar-refractivity contribution is 7.92. The van der Waals surface area contributed by atoms with Crippen LogP contribution in [0, 0.1) is 0 Å². The molecule has 2 aromatic heterocycles. The number of hydrazone groups is 1. The summed E-state index contributed by atoms with van der Waals surface area (Å²) in [6, 6.07) is 7.86. The molecule has 0 unspecified atom stereocenters. The summed E-state index contributed by atoms with van der Waals surface area (Å²) in [5.74, 6) is 5.55. The van der Waals surface area contributed by atoms with E-state index in [1.165, 1.54) is 37.1 Å². The molecule has 0 spiro atoms. The highest BCUT2D eigenvalue weighted by Gasteiger charge is 2.16. The highest BCUT2D eigenvalue weighted by Crippen LogP contribution is 2.26. The SMILES string of the molecule is N/N=C\C=NCCOc1nccc2cc(S(=O)(=O)Nc3ccncn3)ccc12. The van der Waals surface area contributed by atoms with Gasteiger partial charge in [0.15, 0.2) is 0 Å². The zero-order chi connectivity index (χ0) is 19.8. The minimum atomic E-state index is -3.79. The molecule has 0 atom stereocenters. The molecular formula is C17H17N7O3S. The molecule has 0 radical (unpaired) electrons. The largest absolute Gasteiger partial charge is 0.475 e. The molecule has 3 rings (SSSR count). The number of nitrogens with zero attached hydrogens (tertiary/aromatic N) is 5. The molecule has 0 aliphatic rings. The highest BCUT2D eigenvalue weighted by atomic mass is 32.2. The summed E-state index contributed by atoms with van der Waals surface area (Å²) in [5, 5.41) is 4.66. The van der Waals surface area contributed by atoms with Crippen LogP contribution in [0.2, 0.25) is 0 Å². The molecular weight excluding hydrogens is 382 g/mol. The quantitative estimate of drug-likeness (QED) is 0.251. The van der Waals surface area contributed by atoms with E-state index >= 15 is 0 Å². The third-order valence-corrected chi connectivity index (χ3v) is 4.90. The van der Waals surface area contributed by atoms with Gasteiger partial charge in [0.05, 0.1) is 17.7 Å². The van der Waals surface area contributed by atoms with Gasteiger partial charge in [0.1, 0.15) is 18.8 Å². The van der Waals surface area contributed by atoms with E-state index < -0.39 is 10.0 Å². The second kappa shape index (κ2) is 8.86. The van der Waals surface area contributed by atoms with Crippen LogP contribution in [-0.4, -0.2) is 49.0 Å². The van der Waals surface area contributed by atoms with Crippen LogP contribution < -0.4 is 15.3 Å². The number of pyridine rings is 1. The minimum Gasteiger partial charge on any atom is -0.475 e. The number of nitrogens with one attached hydrogen (secondary N) is 1. The fraction of sp³-hybridized carbons (Fsp3) is 0.118. The summed E-state index contributed by atoms with van der Waals surface area (Å²) in [4.78, 5) is 16.0. The van der Waals surface area contributed by atoms with Crippen molar-refractivity contribution in [2.75, 3.05) is 17.9 Å². The lowest BCUT2D eigenvalue weighted by molar-refractivity contribution is 0.320. The number of anilines is 1. The van der Waals surface area contributed by atoms with E-state index in [-0.39, 0.29) is 10.7 Å². The molecule has 3 aromatic rings. The zero-order valence-electron chi connectivity index (χ0n) is 14.6. The summed E-state index contributed by atoms with van der Waals surface area (Å²) < 4.78 is 33.2. The lowest BCUT2D eigenvalue weighted by atomic mass is 10.2. The van der Waals surface area contributed by atoms with Gasteiger partial charge in [0, 0.05) is 24.0 Å². The summed E-state index contributed by atoms with van der Waals surface area (Å²) in [6.07, 6.45) is 7.11. The van der Waals surface area contributed by atoms with Crippen LogP contribution in [0.3, 0.4) is 0 Å². The number of aromatic nitrogens is 3. The van der Waals surface area contributed by atoms with Crippen LogP contribution in [0.1, 0.15) is 0 Å². The van der Waals surface area contributed by atoms with E-state index in [4.69, 9.17) is 10.6 Å². The number of hydrogen-bond acceptors (Lipinski definition) is 9. The van der Waals surface area contributed by atoms with Gasteiger partial charge in [-0.3, -0.25) is 9.71 Å². The average molecular weight is 399 g/mol. The molecule has 28 heavy (non-hydrogen) atoms. The fourth-order valence-corrected chi connectivity index (χ4v) is 3.36. The van der Waals surface area contributed by atoms with Crippen LogP contribution in [0.4, 0.5) is 5.82 Å². The molecule has 0 aliphatic carbocycles. The van der Waals surface area contributed by atoms with E-state index in [1.54, 1.807) is 24.4 Å². The first-order chi connectivity index (χ1) is 13.6. The number of hydrogen-bond donors (Lipinski definition) is 2. The Morgan fingerprint density at radius 1 is 1.14 bits per heavy atom. The normalized spacial score (nSPS) is 12.0. The summed E-state index contributed by atoms with van der Waals surface area (Å²) in [5.41, 5.74) is 0. The molecule has 1 aromatic carbocycles. The van der Waals surface area contributed by atoms with Crippen LogP contribution >= 0.6 is 0 Å². The number of aliphatic imine (C=N–C) groups is 1. The van der Waals surface area contributed by atoms with Crippen LogP contribution in [0.5, 0.6) is 5.88 Å². The van der Waals surface area contributed by atoms with Gasteiger partial charge < -0.3 is 10.6 Å². The van der Waals surface area contributed by atoms with E-state index in [0.29, 0.717) is 29.8 Å². The van der Waals surface area contributed by atoms with Gasteiger partial charge in [-0.05, 0) is 35.7 Å². The molecule has 0 saturated heterocycles. The summed E-state index contributed by atoms with van der Waals surface area (Å²) in [7, 11) is -3.79. The van der Waals surface area contributed by atoms with Gasteiger partial charge in [-0.1, -0.05) is 0 Å². The Hall–Kier alpha value is -3.60. The molecule has 0 bridgehead atoms. The minimum absolute atomic E-state index is 0.0985. The second-order valence-electron chi connectivity index (χ2n) is 5.40. The Balaban J connectivity index is 1.78. The average Bonchev–Trinajstić information content (AvgIpc) is 2.70. The third kappa shape index (κ3) is 4.76. The van der Waals surface area contributed by atoms with Crippen molar-refractivity contribution >= 4 is 39.0 Å². The first-order valence-electron chi connectivity index (χ1n) is 8.12. The van der Waals surface area contributed by atoms with Gasteiger partial charge in [-0.25, -0.2) is 23.4 Å². The maximum atomic E-state index is 12.6. The standard InChI is InChI=1S/C17H17N7O3S/c18-23-8-7-19-9-10-27-17-15-2-1-14(11-13(15)3-6-21-17)28(25,26)24-16-4-5-20-12-22-16/h1-8,11-12H,9-10,18H2,(H,20,22,24)/b19-7?,23-8-. The molecule has 0 aliphatic heterocycles. The summed E-state index contributed by atoms with van der Waals surface area (Å²) in [6.45, 7) is 0.704. The molecule has 10 nitrogen and oxygen atoms in total. The monoisotopic (exact) mass is 399 g/mol. The molecule has 0 fully saturated rings. The van der Waals surface area contributed by atoms with Crippen molar-refractivity contribution in [2.45, 2.75) is 4.90 Å². The number of benzene rings is 1. The lowest BCUT2D eigenvalue weighted by Gasteiger charge is -2.10. The molecule has 0 amide bonds. The van der Waals surface area contributed by atoms with Crippen molar-refractivity contribution in [1.29, 1.82) is 0 Å². The molecule has 144 valence electrons. The van der Waals surface area contributed by atoms with Crippen molar-refractivity contribution < 1.29 is 13.2 Å². The van der Waals surface area contributed by atoms with Gasteiger partial charge in [-0.2, -0.15) is 5.10 Å². The number of rotatable bonds is 8. The Morgan fingerprint density at radius 3 is 2.82 bits per heavy atom. The van der Waals surface area contributed by atoms with E-state index in [2.05, 4.69) is 29.8 Å². The Kier molecular flexibility index (Phi) is 6.07. The summed E-state index contributed by atoms with van der Waals surface area (Å²) >= 11 is 0. The number of ether oxygens (including phenoxy) is 1. The van der Waals surface area contributed by atoms with Gasteiger partial charge in [-0.15, -0.1) is 0 Å². The van der Waals surface area contributed by atoms with Crippen molar-refractivity contribution in [2.24, 2.45) is 15.9 Å². The van der Waals surface area contributed by atoms with Crippen molar-refractivity contribution in [3.05, 3.63) is 49.1 Å². The smallest absolute Gasteiger partial charge is 0.263 e. The maximum absolute atomic E-state index is 12.6. The van der Waals surface area contributed by atoms with Crippen LogP contribution in [0.15, 0.2) is 64.0 Å². The van der Waals surface area contributed by atoms with Crippen molar-refractivity contribution in [3.63, 3.8) is 0 Å². The van der Waals surface area contributed by atoms with Crippen molar-refractivity contribution in [1.82, 2.24) is 15.0 Å². The second-order valence-corrected chi connectivity index (χ2v) is 7.08. The van der Waals surface area contributed by atoms with Gasteiger partial charge >= 0.3 is 0 Å². The maximum Gasteiger partial charge on any atom is 0.263 e. The van der Waals surface area contributed by atoms with Gasteiger partial charge in [0.25, 0.3) is 10.0 Å². The van der Waals surface area contributed by atoms with E-state index in [0.717, 1.165) is 0 Å². The third-order valence-electron chi connectivity index (χ3n) is 3.55. The number of sulfonamides is 1. The van der Waals surface area contributed by atoms with Crippen LogP contribution in [-0.2, 0) is 10.0 Å². The topological polar surface area (TPSA) is 145 Å². The van der Waals surface area contributed by atoms with Crippen molar-refractivity contribution in [3.8, 4) is 5.88 Å². The number of nitrogens with two attached hydrogens (primary N) is 1. The predicted octanol–water partition coefficient (Wildman–Crippen LogP) is 1.22. The molecule has 11 heteroatoms.